The van der Waals surface area contributed by atoms with E-state index < -0.39 is 5.82 Å². The van der Waals surface area contributed by atoms with Crippen molar-refractivity contribution in [2.45, 2.75) is 18.9 Å². The van der Waals surface area contributed by atoms with Gasteiger partial charge in [-0.25, -0.2) is 14.4 Å². The van der Waals surface area contributed by atoms with E-state index in [4.69, 9.17) is 4.74 Å². The molecule has 4 rings (SSSR count). The second kappa shape index (κ2) is 6.29. The number of nitrogens with one attached hydrogen (secondary N) is 2. The second-order valence-electron chi connectivity index (χ2n) is 6.16. The van der Waals surface area contributed by atoms with Gasteiger partial charge in [0, 0.05) is 43.5 Å². The third-order valence-corrected chi connectivity index (χ3v) is 4.37. The van der Waals surface area contributed by atoms with Crippen LogP contribution in [0.4, 0.5) is 10.2 Å². The molecule has 1 aliphatic heterocycles. The number of halogens is 1. The van der Waals surface area contributed by atoms with Gasteiger partial charge in [-0.3, -0.25) is 4.79 Å². The van der Waals surface area contributed by atoms with Gasteiger partial charge in [0.1, 0.15) is 11.5 Å². The number of nitrogens with zero attached hydrogens (tertiary/aromatic N) is 3. The molecule has 1 fully saturated rings. The maximum Gasteiger partial charge on any atom is 0.293 e. The van der Waals surface area contributed by atoms with Gasteiger partial charge in [0.2, 0.25) is 0 Å². The average Bonchev–Trinajstić information content (AvgIpc) is 3.25. The highest BCUT2D eigenvalue weighted by atomic mass is 19.1. The fraction of sp³-hybridized carbons (Fsp3) is 0.353. The Labute approximate surface area is 142 Å². The minimum absolute atomic E-state index is 0.0987. The molecule has 2 N–H and O–H groups in total. The molecule has 0 spiro atoms. The lowest BCUT2D eigenvalue weighted by molar-refractivity contribution is 0.120. The van der Waals surface area contributed by atoms with Gasteiger partial charge < -0.3 is 19.6 Å². The fourth-order valence-electron chi connectivity index (χ4n) is 3.06. The highest BCUT2D eigenvalue weighted by Crippen LogP contribution is 2.26. The lowest BCUT2D eigenvalue weighted by atomic mass is 10.1. The SMILES string of the molecule is Cn1cc(-c2c[nH]c3ncc(F)cc23)nc(NC[C@H]2CCCO2)c1=O. The maximum atomic E-state index is 13.5. The van der Waals surface area contributed by atoms with Crippen molar-refractivity contribution in [2.24, 2.45) is 7.05 Å². The minimum atomic E-state index is -0.421. The largest absolute Gasteiger partial charge is 0.376 e. The number of hydrogen-bond donors (Lipinski definition) is 2. The van der Waals surface area contributed by atoms with Crippen molar-refractivity contribution >= 4 is 16.9 Å². The van der Waals surface area contributed by atoms with E-state index in [0.29, 0.717) is 28.8 Å². The van der Waals surface area contributed by atoms with Crippen LogP contribution in [0.5, 0.6) is 0 Å². The number of H-pyrrole nitrogens is 1. The van der Waals surface area contributed by atoms with Crippen LogP contribution in [0.3, 0.4) is 0 Å². The number of ether oxygens (including phenoxy) is 1. The molecule has 0 bridgehead atoms. The first-order valence-corrected chi connectivity index (χ1v) is 8.18. The molecule has 1 aliphatic rings. The Bertz CT molecular complexity index is 975. The van der Waals surface area contributed by atoms with Crippen molar-refractivity contribution in [3.63, 3.8) is 0 Å². The standard InChI is InChI=1S/C17H18FN5O2/c1-23-9-14(13-8-21-15-12(13)5-10(18)6-19-15)22-16(17(23)24)20-7-11-3-2-4-25-11/h5-6,8-9,11H,2-4,7H2,1H3,(H,19,21)(H,20,22)/t11-/m1/s1. The van der Waals surface area contributed by atoms with Crippen LogP contribution < -0.4 is 10.9 Å². The number of fused-ring (bicyclic) bond motifs is 1. The van der Waals surface area contributed by atoms with Crippen molar-refractivity contribution in [1.82, 2.24) is 19.5 Å². The molecule has 1 atom stereocenters. The summed E-state index contributed by atoms with van der Waals surface area (Å²) in [4.78, 5) is 23.8. The molecule has 8 heteroatoms. The number of anilines is 1. The van der Waals surface area contributed by atoms with Crippen molar-refractivity contribution in [2.75, 3.05) is 18.5 Å². The predicted octanol–water partition coefficient (Wildman–Crippen LogP) is 2.05. The minimum Gasteiger partial charge on any atom is -0.376 e. The van der Waals surface area contributed by atoms with Gasteiger partial charge in [0.25, 0.3) is 5.56 Å². The van der Waals surface area contributed by atoms with E-state index in [1.807, 2.05) is 0 Å². The van der Waals surface area contributed by atoms with Gasteiger partial charge in [-0.2, -0.15) is 0 Å². The molecule has 130 valence electrons. The lowest BCUT2D eigenvalue weighted by Gasteiger charge is -2.12. The van der Waals surface area contributed by atoms with Crippen molar-refractivity contribution < 1.29 is 9.13 Å². The number of rotatable bonds is 4. The Morgan fingerprint density at radius 2 is 2.40 bits per heavy atom. The number of aromatic amines is 1. The van der Waals surface area contributed by atoms with Gasteiger partial charge in [0.15, 0.2) is 5.82 Å². The highest BCUT2D eigenvalue weighted by molar-refractivity contribution is 5.92. The number of pyridine rings is 1. The fourth-order valence-corrected chi connectivity index (χ4v) is 3.06. The molecule has 25 heavy (non-hydrogen) atoms. The Morgan fingerprint density at radius 1 is 1.52 bits per heavy atom. The Morgan fingerprint density at radius 3 is 3.20 bits per heavy atom. The molecule has 1 saturated heterocycles. The molecule has 4 heterocycles. The normalized spacial score (nSPS) is 17.3. The zero-order valence-corrected chi connectivity index (χ0v) is 13.8. The quantitative estimate of drug-likeness (QED) is 0.757. The molecule has 7 nitrogen and oxygen atoms in total. The Balaban J connectivity index is 1.71. The van der Waals surface area contributed by atoms with Crippen LogP contribution in [0.1, 0.15) is 12.8 Å². The van der Waals surface area contributed by atoms with Crippen molar-refractivity contribution in [3.05, 3.63) is 40.8 Å². The highest BCUT2D eigenvalue weighted by Gasteiger charge is 2.17. The molecule has 0 aromatic carbocycles. The molecule has 0 radical (unpaired) electrons. The van der Waals surface area contributed by atoms with E-state index in [1.165, 1.54) is 10.6 Å². The first kappa shape index (κ1) is 15.8. The second-order valence-corrected chi connectivity index (χ2v) is 6.16. The van der Waals surface area contributed by atoms with Crippen LogP contribution in [0.2, 0.25) is 0 Å². The summed E-state index contributed by atoms with van der Waals surface area (Å²) in [5.41, 5.74) is 1.61. The Hall–Kier alpha value is -2.74. The zero-order chi connectivity index (χ0) is 17.4. The Kier molecular flexibility index (Phi) is 3.96. The van der Waals surface area contributed by atoms with Crippen LogP contribution in [-0.2, 0) is 11.8 Å². The van der Waals surface area contributed by atoms with Crippen molar-refractivity contribution in [3.8, 4) is 11.3 Å². The van der Waals surface area contributed by atoms with Crippen LogP contribution in [0.25, 0.3) is 22.3 Å². The van der Waals surface area contributed by atoms with Gasteiger partial charge in [-0.15, -0.1) is 0 Å². The van der Waals surface area contributed by atoms with E-state index in [9.17, 15) is 9.18 Å². The molecule has 0 amide bonds. The summed E-state index contributed by atoms with van der Waals surface area (Å²) in [6.07, 6.45) is 6.61. The topological polar surface area (TPSA) is 84.8 Å². The van der Waals surface area contributed by atoms with Gasteiger partial charge in [0.05, 0.1) is 18.0 Å². The van der Waals surface area contributed by atoms with Gasteiger partial charge in [-0.1, -0.05) is 0 Å². The summed E-state index contributed by atoms with van der Waals surface area (Å²) in [5, 5.41) is 3.71. The molecule has 3 aromatic heterocycles. The van der Waals surface area contributed by atoms with E-state index in [-0.39, 0.29) is 17.5 Å². The van der Waals surface area contributed by atoms with Crippen LogP contribution in [0, 0.1) is 5.82 Å². The van der Waals surface area contributed by atoms with Crippen LogP contribution in [0.15, 0.2) is 29.5 Å². The molecule has 0 aliphatic carbocycles. The number of aryl methyl sites for hydroxylation is 1. The molecular formula is C17H18FN5O2. The summed E-state index contributed by atoms with van der Waals surface area (Å²) in [7, 11) is 1.67. The molecular weight excluding hydrogens is 325 g/mol. The smallest absolute Gasteiger partial charge is 0.293 e. The van der Waals surface area contributed by atoms with Crippen molar-refractivity contribution in [1.29, 1.82) is 0 Å². The number of aromatic nitrogens is 4. The van der Waals surface area contributed by atoms with E-state index in [1.54, 1.807) is 19.4 Å². The van der Waals surface area contributed by atoms with Crippen LogP contribution >= 0.6 is 0 Å². The summed E-state index contributed by atoms with van der Waals surface area (Å²) < 4.78 is 20.6. The third kappa shape index (κ3) is 3.00. The number of hydrogen-bond acceptors (Lipinski definition) is 5. The summed E-state index contributed by atoms with van der Waals surface area (Å²) >= 11 is 0. The zero-order valence-electron chi connectivity index (χ0n) is 13.8. The first-order valence-electron chi connectivity index (χ1n) is 8.18. The molecule has 0 unspecified atom stereocenters. The summed E-state index contributed by atoms with van der Waals surface area (Å²) in [6.45, 7) is 1.29. The predicted molar refractivity (Wildman–Crippen MR) is 92.0 cm³/mol. The first-order chi connectivity index (χ1) is 12.1. The van der Waals surface area contributed by atoms with Crippen LogP contribution in [-0.4, -0.2) is 38.8 Å². The van der Waals surface area contributed by atoms with Gasteiger partial charge >= 0.3 is 0 Å². The molecule has 3 aromatic rings. The van der Waals surface area contributed by atoms with E-state index in [0.717, 1.165) is 25.6 Å². The van der Waals surface area contributed by atoms with E-state index >= 15 is 0 Å². The lowest BCUT2D eigenvalue weighted by Crippen LogP contribution is -2.27. The molecule has 0 saturated carbocycles. The monoisotopic (exact) mass is 343 g/mol. The maximum absolute atomic E-state index is 13.5. The summed E-state index contributed by atoms with van der Waals surface area (Å²) in [5.74, 6) is -0.163. The summed E-state index contributed by atoms with van der Waals surface area (Å²) in [6, 6.07) is 1.40. The average molecular weight is 343 g/mol. The third-order valence-electron chi connectivity index (χ3n) is 4.37. The van der Waals surface area contributed by atoms with Gasteiger partial charge in [-0.05, 0) is 18.9 Å². The van der Waals surface area contributed by atoms with E-state index in [2.05, 4.69) is 20.3 Å².